The largest absolute Gasteiger partial charge is 0.296 e. The first-order valence-electron chi connectivity index (χ1n) is 8.79. The van der Waals surface area contributed by atoms with E-state index in [1.165, 1.54) is 11.3 Å². The lowest BCUT2D eigenvalue weighted by Crippen LogP contribution is -2.14. The van der Waals surface area contributed by atoms with Crippen LogP contribution in [0.5, 0.6) is 0 Å². The van der Waals surface area contributed by atoms with Crippen molar-refractivity contribution >= 4 is 61.5 Å². The van der Waals surface area contributed by atoms with E-state index in [1.807, 2.05) is 36.4 Å². The van der Waals surface area contributed by atoms with Crippen LogP contribution in [0.25, 0.3) is 5.69 Å². The Hall–Kier alpha value is -2.26. The standard InChI is InChI=1S/C20H14BrCl2N5OS/c1-11-18(26-27-28(11)17-5-3-2-4-15(17)22)19(29)25-20-24-10-13(30-20)8-12-6-7-14(21)16(23)9-12/h2-7,9-10H,8H2,1H3,(H,24,25,29). The Morgan fingerprint density at radius 1 is 1.20 bits per heavy atom. The molecular formula is C20H14BrCl2N5OS. The molecule has 0 aliphatic rings. The van der Waals surface area contributed by atoms with Gasteiger partial charge in [-0.15, -0.1) is 16.4 Å². The van der Waals surface area contributed by atoms with Crippen LogP contribution in [-0.4, -0.2) is 25.9 Å². The van der Waals surface area contributed by atoms with E-state index in [9.17, 15) is 4.79 Å². The van der Waals surface area contributed by atoms with Crippen LogP contribution in [0.4, 0.5) is 5.13 Å². The van der Waals surface area contributed by atoms with Gasteiger partial charge in [0, 0.05) is 22.0 Å². The van der Waals surface area contributed by atoms with Crippen molar-refractivity contribution in [3.05, 3.63) is 85.0 Å². The van der Waals surface area contributed by atoms with Gasteiger partial charge in [-0.2, -0.15) is 0 Å². The number of hydrogen-bond donors (Lipinski definition) is 1. The number of benzene rings is 2. The monoisotopic (exact) mass is 521 g/mol. The predicted molar refractivity (Wildman–Crippen MR) is 123 cm³/mol. The maximum atomic E-state index is 12.7. The number of nitrogens with one attached hydrogen (secondary N) is 1. The summed E-state index contributed by atoms with van der Waals surface area (Å²) in [7, 11) is 0. The number of carbonyl (C=O) groups is 1. The first-order chi connectivity index (χ1) is 14.4. The molecule has 0 fully saturated rings. The molecule has 10 heteroatoms. The Labute approximate surface area is 195 Å². The third kappa shape index (κ3) is 4.41. The number of nitrogens with zero attached hydrogens (tertiary/aromatic N) is 4. The van der Waals surface area contributed by atoms with Gasteiger partial charge in [0.15, 0.2) is 10.8 Å². The molecule has 0 bridgehead atoms. The van der Waals surface area contributed by atoms with Crippen molar-refractivity contribution in [3.8, 4) is 5.69 Å². The molecule has 0 aliphatic heterocycles. The van der Waals surface area contributed by atoms with Crippen LogP contribution in [-0.2, 0) is 6.42 Å². The molecule has 4 aromatic rings. The van der Waals surface area contributed by atoms with Crippen LogP contribution >= 0.6 is 50.5 Å². The smallest absolute Gasteiger partial charge is 0.279 e. The summed E-state index contributed by atoms with van der Waals surface area (Å²) in [6.45, 7) is 1.77. The summed E-state index contributed by atoms with van der Waals surface area (Å²) in [5.74, 6) is -0.376. The van der Waals surface area contributed by atoms with Crippen LogP contribution in [0.1, 0.15) is 26.6 Å². The van der Waals surface area contributed by atoms with E-state index >= 15 is 0 Å². The molecule has 4 rings (SSSR count). The maximum Gasteiger partial charge on any atom is 0.279 e. The van der Waals surface area contributed by atoms with Crippen molar-refractivity contribution in [3.63, 3.8) is 0 Å². The summed E-state index contributed by atoms with van der Waals surface area (Å²) in [6.07, 6.45) is 2.41. The molecule has 1 amide bonds. The third-order valence-corrected chi connectivity index (χ3v) is 6.79. The molecule has 0 saturated heterocycles. The lowest BCUT2D eigenvalue weighted by atomic mass is 10.1. The molecule has 0 aliphatic carbocycles. The molecule has 6 nitrogen and oxygen atoms in total. The zero-order chi connectivity index (χ0) is 21.3. The number of halogens is 3. The first kappa shape index (κ1) is 21.0. The Morgan fingerprint density at radius 3 is 2.77 bits per heavy atom. The second-order valence-corrected chi connectivity index (χ2v) is 9.18. The molecule has 2 heterocycles. The molecule has 0 atom stereocenters. The van der Waals surface area contributed by atoms with Gasteiger partial charge in [-0.1, -0.05) is 46.6 Å². The van der Waals surface area contributed by atoms with Crippen molar-refractivity contribution in [2.45, 2.75) is 13.3 Å². The molecule has 152 valence electrons. The van der Waals surface area contributed by atoms with Crippen molar-refractivity contribution in [2.24, 2.45) is 0 Å². The SMILES string of the molecule is Cc1c(C(=O)Nc2ncc(Cc3ccc(Br)c(Cl)c3)s2)nnn1-c1ccccc1Cl. The van der Waals surface area contributed by atoms with Crippen LogP contribution in [0.15, 0.2) is 53.1 Å². The normalized spacial score (nSPS) is 10.9. The fraction of sp³-hybridized carbons (Fsp3) is 0.100. The van der Waals surface area contributed by atoms with Gasteiger partial charge < -0.3 is 0 Å². The van der Waals surface area contributed by atoms with Crippen molar-refractivity contribution in [1.82, 2.24) is 20.0 Å². The van der Waals surface area contributed by atoms with E-state index in [2.05, 4.69) is 36.5 Å². The van der Waals surface area contributed by atoms with E-state index in [-0.39, 0.29) is 11.6 Å². The number of amides is 1. The van der Waals surface area contributed by atoms with E-state index in [0.29, 0.717) is 33.0 Å². The molecule has 0 spiro atoms. The van der Waals surface area contributed by atoms with E-state index in [0.717, 1.165) is 14.9 Å². The average Bonchev–Trinajstić information content (AvgIpc) is 3.31. The van der Waals surface area contributed by atoms with Crippen molar-refractivity contribution in [2.75, 3.05) is 5.32 Å². The Bertz CT molecular complexity index is 1240. The lowest BCUT2D eigenvalue weighted by molar-refractivity contribution is 0.102. The molecule has 0 unspecified atom stereocenters. The van der Waals surface area contributed by atoms with E-state index in [1.54, 1.807) is 23.9 Å². The minimum absolute atomic E-state index is 0.214. The number of hydrogen-bond acceptors (Lipinski definition) is 5. The quantitative estimate of drug-likeness (QED) is 0.351. The van der Waals surface area contributed by atoms with Gasteiger partial charge in [0.1, 0.15) is 0 Å². The zero-order valence-electron chi connectivity index (χ0n) is 15.6. The number of aromatic nitrogens is 4. The zero-order valence-corrected chi connectivity index (χ0v) is 19.5. The number of rotatable bonds is 5. The fourth-order valence-corrected chi connectivity index (χ4v) is 4.35. The van der Waals surface area contributed by atoms with Gasteiger partial charge in [0.2, 0.25) is 0 Å². The second-order valence-electron chi connectivity index (χ2n) is 6.40. The topological polar surface area (TPSA) is 72.7 Å². The van der Waals surface area contributed by atoms with Crippen molar-refractivity contribution < 1.29 is 4.79 Å². The molecule has 2 aromatic heterocycles. The highest BCUT2D eigenvalue weighted by atomic mass is 79.9. The summed E-state index contributed by atoms with van der Waals surface area (Å²) in [4.78, 5) is 18.0. The average molecular weight is 523 g/mol. The summed E-state index contributed by atoms with van der Waals surface area (Å²) < 4.78 is 2.40. The second kappa shape index (κ2) is 8.85. The van der Waals surface area contributed by atoms with Gasteiger partial charge >= 0.3 is 0 Å². The van der Waals surface area contributed by atoms with Gasteiger partial charge in [-0.25, -0.2) is 9.67 Å². The minimum Gasteiger partial charge on any atom is -0.296 e. The van der Waals surface area contributed by atoms with Crippen molar-refractivity contribution in [1.29, 1.82) is 0 Å². The highest BCUT2D eigenvalue weighted by Crippen LogP contribution is 2.27. The molecular weight excluding hydrogens is 509 g/mol. The van der Waals surface area contributed by atoms with Gasteiger partial charge in [-0.3, -0.25) is 10.1 Å². The van der Waals surface area contributed by atoms with E-state index in [4.69, 9.17) is 23.2 Å². The Kier molecular flexibility index (Phi) is 6.19. The number of carbonyl (C=O) groups excluding carboxylic acids is 1. The summed E-state index contributed by atoms with van der Waals surface area (Å²) in [5, 5.41) is 12.6. The molecule has 1 N–H and O–H groups in total. The van der Waals surface area contributed by atoms with Gasteiger partial charge in [0.25, 0.3) is 5.91 Å². The van der Waals surface area contributed by atoms with Crippen LogP contribution in [0.2, 0.25) is 10.0 Å². The highest BCUT2D eigenvalue weighted by Gasteiger charge is 2.19. The van der Waals surface area contributed by atoms with Crippen LogP contribution in [0, 0.1) is 6.92 Å². The molecule has 2 aromatic carbocycles. The minimum atomic E-state index is -0.376. The number of para-hydroxylation sites is 1. The fourth-order valence-electron chi connectivity index (χ4n) is 2.85. The summed E-state index contributed by atoms with van der Waals surface area (Å²) in [5.41, 5.74) is 2.52. The first-order valence-corrected chi connectivity index (χ1v) is 11.2. The maximum absolute atomic E-state index is 12.7. The summed E-state index contributed by atoms with van der Waals surface area (Å²) >= 11 is 17.2. The summed E-state index contributed by atoms with van der Waals surface area (Å²) in [6, 6.07) is 13.0. The van der Waals surface area contributed by atoms with E-state index < -0.39 is 0 Å². The van der Waals surface area contributed by atoms with Crippen LogP contribution in [0.3, 0.4) is 0 Å². The number of thiazole rings is 1. The number of anilines is 1. The van der Waals surface area contributed by atoms with Crippen LogP contribution < -0.4 is 5.32 Å². The third-order valence-electron chi connectivity index (χ3n) is 4.33. The highest BCUT2D eigenvalue weighted by molar-refractivity contribution is 9.10. The molecule has 0 saturated carbocycles. The molecule has 0 radical (unpaired) electrons. The van der Waals surface area contributed by atoms with Gasteiger partial charge in [-0.05, 0) is 52.7 Å². The molecule has 30 heavy (non-hydrogen) atoms. The van der Waals surface area contributed by atoms with Gasteiger partial charge in [0.05, 0.1) is 21.4 Å². The predicted octanol–water partition coefficient (Wildman–Crippen LogP) is 5.94. The lowest BCUT2D eigenvalue weighted by Gasteiger charge is -2.05. The Morgan fingerprint density at radius 2 is 2.00 bits per heavy atom. The Balaban J connectivity index is 1.49.